The highest BCUT2D eigenvalue weighted by molar-refractivity contribution is 7.99. The van der Waals surface area contributed by atoms with Crippen LogP contribution in [0.15, 0.2) is 70.0 Å². The maximum absolute atomic E-state index is 13.0. The summed E-state index contributed by atoms with van der Waals surface area (Å²) in [5.41, 5.74) is 1.50. The molecular weight excluding hydrogens is 488 g/mol. The molecule has 1 aliphatic rings. The van der Waals surface area contributed by atoms with E-state index in [2.05, 4.69) is 16.9 Å². The largest absolute Gasteiger partial charge is 0.379 e. The van der Waals surface area contributed by atoms with Crippen LogP contribution >= 0.6 is 11.8 Å². The fraction of sp³-hybridized carbons (Fsp3) is 0.292. The second kappa shape index (κ2) is 10.7. The first-order valence-corrected chi connectivity index (χ1v) is 13.5. The van der Waals surface area contributed by atoms with Crippen LogP contribution in [0.2, 0.25) is 0 Å². The van der Waals surface area contributed by atoms with E-state index in [1.54, 1.807) is 43.3 Å². The molecule has 11 heteroatoms. The number of hydrogen-bond donors (Lipinski definition) is 1. The van der Waals surface area contributed by atoms with Crippen LogP contribution in [0.3, 0.4) is 0 Å². The van der Waals surface area contributed by atoms with E-state index in [-0.39, 0.29) is 28.7 Å². The first-order chi connectivity index (χ1) is 16.8. The molecule has 2 heterocycles. The van der Waals surface area contributed by atoms with Gasteiger partial charge in [-0.2, -0.15) is 4.31 Å². The van der Waals surface area contributed by atoms with E-state index >= 15 is 0 Å². The molecule has 0 bridgehead atoms. The van der Waals surface area contributed by atoms with Gasteiger partial charge in [0.1, 0.15) is 0 Å². The Kier molecular flexibility index (Phi) is 7.70. The summed E-state index contributed by atoms with van der Waals surface area (Å²) in [4.78, 5) is 30.3. The quantitative estimate of drug-likeness (QED) is 0.280. The Balaban J connectivity index is 1.52. The number of nitrogens with zero attached hydrogens (tertiary/aromatic N) is 3. The van der Waals surface area contributed by atoms with Gasteiger partial charge in [-0.05, 0) is 36.8 Å². The van der Waals surface area contributed by atoms with Crippen molar-refractivity contribution in [2.24, 2.45) is 0 Å². The van der Waals surface area contributed by atoms with Gasteiger partial charge in [0.2, 0.25) is 15.9 Å². The zero-order valence-corrected chi connectivity index (χ0v) is 20.9. The standard InChI is InChI=1S/C24H26N4O5S2/c1-3-10-28-23(30)19-6-4-5-7-20(19)26-24(28)34-16-22(29)25-21-15-18(9-8-17(21)2)35(31,32)27-11-13-33-14-12-27/h3-9,15H,1,10-14,16H2,2H3,(H,25,29). The molecule has 2 aromatic carbocycles. The fourth-order valence-corrected chi connectivity index (χ4v) is 5.94. The van der Waals surface area contributed by atoms with Crippen LogP contribution in [0, 0.1) is 6.92 Å². The number of anilines is 1. The second-order valence-electron chi connectivity index (χ2n) is 7.95. The molecule has 184 valence electrons. The van der Waals surface area contributed by atoms with Gasteiger partial charge in [0.25, 0.3) is 5.56 Å². The van der Waals surface area contributed by atoms with Gasteiger partial charge in [0.05, 0.1) is 34.8 Å². The summed E-state index contributed by atoms with van der Waals surface area (Å²) < 4.78 is 34.1. The summed E-state index contributed by atoms with van der Waals surface area (Å²) in [7, 11) is -3.69. The van der Waals surface area contributed by atoms with Gasteiger partial charge in [-0.3, -0.25) is 14.2 Å². The lowest BCUT2D eigenvalue weighted by Crippen LogP contribution is -2.40. The maximum atomic E-state index is 13.0. The zero-order valence-electron chi connectivity index (χ0n) is 19.3. The van der Waals surface area contributed by atoms with Crippen LogP contribution in [0.4, 0.5) is 5.69 Å². The number of thioether (sulfide) groups is 1. The number of nitrogens with one attached hydrogen (secondary N) is 1. The van der Waals surface area contributed by atoms with Crippen molar-refractivity contribution in [1.82, 2.24) is 13.9 Å². The average Bonchev–Trinajstić information content (AvgIpc) is 2.86. The molecule has 0 radical (unpaired) electrons. The van der Waals surface area contributed by atoms with Crippen LogP contribution in [-0.2, 0) is 26.1 Å². The molecule has 1 aliphatic heterocycles. The number of aromatic nitrogens is 2. The summed E-state index contributed by atoms with van der Waals surface area (Å²) in [5.74, 6) is -0.353. The van der Waals surface area contributed by atoms with E-state index in [0.29, 0.717) is 48.1 Å². The number of sulfonamides is 1. The van der Waals surface area contributed by atoms with Gasteiger partial charge in [-0.25, -0.2) is 13.4 Å². The van der Waals surface area contributed by atoms with Crippen LogP contribution < -0.4 is 10.9 Å². The van der Waals surface area contributed by atoms with Gasteiger partial charge < -0.3 is 10.1 Å². The Labute approximate surface area is 207 Å². The number of hydrogen-bond acceptors (Lipinski definition) is 7. The van der Waals surface area contributed by atoms with Gasteiger partial charge in [-0.1, -0.05) is 36.0 Å². The normalized spacial score (nSPS) is 14.7. The van der Waals surface area contributed by atoms with Gasteiger partial charge in [0.15, 0.2) is 5.16 Å². The van der Waals surface area contributed by atoms with E-state index in [1.165, 1.54) is 21.0 Å². The molecule has 0 saturated carbocycles. The van der Waals surface area contributed by atoms with Crippen molar-refractivity contribution in [3.63, 3.8) is 0 Å². The first-order valence-electron chi connectivity index (χ1n) is 11.0. The van der Waals surface area contributed by atoms with E-state index in [4.69, 9.17) is 4.74 Å². The van der Waals surface area contributed by atoms with E-state index < -0.39 is 10.0 Å². The Bertz CT molecular complexity index is 1430. The van der Waals surface area contributed by atoms with Gasteiger partial charge >= 0.3 is 0 Å². The monoisotopic (exact) mass is 514 g/mol. The van der Waals surface area contributed by atoms with Crippen molar-refractivity contribution in [3.05, 3.63) is 71.0 Å². The summed E-state index contributed by atoms with van der Waals surface area (Å²) in [6, 6.07) is 11.7. The van der Waals surface area contributed by atoms with Crippen LogP contribution in [-0.4, -0.2) is 60.2 Å². The fourth-order valence-electron chi connectivity index (χ4n) is 3.70. The molecule has 1 aromatic heterocycles. The molecule has 1 saturated heterocycles. The van der Waals surface area contributed by atoms with Crippen LogP contribution in [0.1, 0.15) is 5.56 Å². The van der Waals surface area contributed by atoms with E-state index in [0.717, 1.165) is 17.3 Å². The van der Waals surface area contributed by atoms with Crippen molar-refractivity contribution in [1.29, 1.82) is 0 Å². The third kappa shape index (κ3) is 5.48. The molecule has 0 spiro atoms. The molecule has 3 aromatic rings. The molecule has 9 nitrogen and oxygen atoms in total. The van der Waals surface area contributed by atoms with Crippen molar-refractivity contribution in [2.75, 3.05) is 37.4 Å². The molecule has 1 fully saturated rings. The van der Waals surface area contributed by atoms with E-state index in [9.17, 15) is 18.0 Å². The summed E-state index contributed by atoms with van der Waals surface area (Å²) in [6.07, 6.45) is 1.60. The Hall–Kier alpha value is -2.99. The lowest BCUT2D eigenvalue weighted by Gasteiger charge is -2.26. The number of benzene rings is 2. The summed E-state index contributed by atoms with van der Waals surface area (Å²) >= 11 is 1.13. The molecule has 4 rings (SSSR count). The number of para-hydroxylation sites is 1. The van der Waals surface area contributed by atoms with Gasteiger partial charge in [-0.15, -0.1) is 6.58 Å². The zero-order chi connectivity index (χ0) is 25.0. The minimum absolute atomic E-state index is 0.0121. The predicted molar refractivity (Wildman–Crippen MR) is 136 cm³/mol. The minimum atomic E-state index is -3.69. The number of rotatable bonds is 8. The third-order valence-electron chi connectivity index (χ3n) is 5.56. The summed E-state index contributed by atoms with van der Waals surface area (Å²) in [5, 5.41) is 3.70. The topological polar surface area (TPSA) is 111 Å². The molecule has 1 N–H and O–H groups in total. The van der Waals surface area contributed by atoms with Crippen molar-refractivity contribution in [2.45, 2.75) is 23.5 Å². The number of carbonyl (C=O) groups excluding carboxylic acids is 1. The number of ether oxygens (including phenoxy) is 1. The van der Waals surface area contributed by atoms with E-state index in [1.807, 2.05) is 0 Å². The second-order valence-corrected chi connectivity index (χ2v) is 10.8. The van der Waals surface area contributed by atoms with Crippen molar-refractivity contribution < 1.29 is 17.9 Å². The molecule has 1 amide bonds. The lowest BCUT2D eigenvalue weighted by molar-refractivity contribution is -0.113. The van der Waals surface area contributed by atoms with Crippen LogP contribution in [0.5, 0.6) is 0 Å². The molecule has 0 aliphatic carbocycles. The van der Waals surface area contributed by atoms with Crippen molar-refractivity contribution >= 4 is 44.3 Å². The summed E-state index contributed by atoms with van der Waals surface area (Å²) in [6.45, 7) is 7.05. The smallest absolute Gasteiger partial charge is 0.262 e. The molecule has 0 unspecified atom stereocenters. The number of fused-ring (bicyclic) bond motifs is 1. The van der Waals surface area contributed by atoms with Gasteiger partial charge in [0, 0.05) is 25.3 Å². The van der Waals surface area contributed by atoms with Crippen LogP contribution in [0.25, 0.3) is 10.9 Å². The maximum Gasteiger partial charge on any atom is 0.262 e. The average molecular weight is 515 g/mol. The number of amides is 1. The Morgan fingerprint density at radius 2 is 1.97 bits per heavy atom. The molecule has 0 atom stereocenters. The number of allylic oxidation sites excluding steroid dienone is 1. The SMILES string of the molecule is C=CCn1c(SCC(=O)Nc2cc(S(=O)(=O)N3CCOCC3)ccc2C)nc2ccccc2c1=O. The van der Waals surface area contributed by atoms with Crippen molar-refractivity contribution in [3.8, 4) is 0 Å². The first kappa shape index (κ1) is 25.1. The molecular formula is C24H26N4O5S2. The highest BCUT2D eigenvalue weighted by atomic mass is 32.2. The Morgan fingerprint density at radius 3 is 2.71 bits per heavy atom. The highest BCUT2D eigenvalue weighted by Crippen LogP contribution is 2.24. The Morgan fingerprint density at radius 1 is 1.23 bits per heavy atom. The molecule has 35 heavy (non-hydrogen) atoms. The number of aryl methyl sites for hydroxylation is 1. The predicted octanol–water partition coefficient (Wildman–Crippen LogP) is 2.64. The third-order valence-corrected chi connectivity index (χ3v) is 8.43. The number of carbonyl (C=O) groups is 1. The lowest BCUT2D eigenvalue weighted by atomic mass is 10.2. The highest BCUT2D eigenvalue weighted by Gasteiger charge is 2.27. The number of morpholine rings is 1. The minimum Gasteiger partial charge on any atom is -0.379 e.